The fourth-order valence-electron chi connectivity index (χ4n) is 6.73. The molecule has 0 fully saturated rings. The summed E-state index contributed by atoms with van der Waals surface area (Å²) in [5, 5.41) is 0. The Kier molecular flexibility index (Phi) is 43.9. The van der Waals surface area contributed by atoms with Gasteiger partial charge in [0.05, 0.1) is 0 Å². The molecule has 0 rings (SSSR count). The van der Waals surface area contributed by atoms with Gasteiger partial charge in [-0.1, -0.05) is 211 Å². The maximum atomic E-state index is 12.7. The zero-order valence-electron chi connectivity index (χ0n) is 37.6. The van der Waals surface area contributed by atoms with Gasteiger partial charge in [0.1, 0.15) is 13.2 Å². The van der Waals surface area contributed by atoms with Crippen molar-refractivity contribution in [1.82, 2.24) is 0 Å². The van der Waals surface area contributed by atoms with E-state index in [9.17, 15) is 14.4 Å². The summed E-state index contributed by atoms with van der Waals surface area (Å²) >= 11 is 0. The summed E-state index contributed by atoms with van der Waals surface area (Å²) in [5.74, 6) is -0.900. The van der Waals surface area contributed by atoms with Crippen molar-refractivity contribution in [3.8, 4) is 0 Å². The Bertz CT molecular complexity index is 1010. The number of carbonyl (C=O) groups is 3. The highest BCUT2D eigenvalue weighted by Crippen LogP contribution is 2.15. The molecule has 0 N–H and O–H groups in total. The molecule has 57 heavy (non-hydrogen) atoms. The number of allylic oxidation sites excluding steroid dienone is 8. The van der Waals surface area contributed by atoms with Gasteiger partial charge in [0.15, 0.2) is 6.10 Å². The number of rotatable bonds is 43. The van der Waals surface area contributed by atoms with Crippen LogP contribution in [0.2, 0.25) is 0 Å². The predicted molar refractivity (Wildman–Crippen MR) is 242 cm³/mol. The molecule has 0 aromatic carbocycles. The van der Waals surface area contributed by atoms with E-state index in [1.165, 1.54) is 103 Å². The highest BCUT2D eigenvalue weighted by molar-refractivity contribution is 5.71. The monoisotopic (exact) mass is 799 g/mol. The van der Waals surface area contributed by atoms with Crippen molar-refractivity contribution in [2.24, 2.45) is 0 Å². The zero-order valence-corrected chi connectivity index (χ0v) is 37.6. The first-order valence-electron chi connectivity index (χ1n) is 24.1. The van der Waals surface area contributed by atoms with Gasteiger partial charge in [0.25, 0.3) is 0 Å². The number of unbranched alkanes of at least 4 members (excludes halogenated alkanes) is 24. The van der Waals surface area contributed by atoms with E-state index >= 15 is 0 Å². The van der Waals surface area contributed by atoms with Crippen LogP contribution in [0, 0.1) is 0 Å². The Morgan fingerprint density at radius 2 is 0.684 bits per heavy atom. The topological polar surface area (TPSA) is 78.9 Å². The molecule has 0 aliphatic rings. The van der Waals surface area contributed by atoms with E-state index in [4.69, 9.17) is 14.2 Å². The minimum Gasteiger partial charge on any atom is -0.462 e. The second-order valence-electron chi connectivity index (χ2n) is 16.0. The molecule has 6 nitrogen and oxygen atoms in total. The van der Waals surface area contributed by atoms with Crippen molar-refractivity contribution in [2.75, 3.05) is 13.2 Å². The predicted octanol–water partition coefficient (Wildman–Crippen LogP) is 15.5. The number of carbonyl (C=O) groups excluding carboxylic acids is 3. The van der Waals surface area contributed by atoms with Crippen LogP contribution in [0.3, 0.4) is 0 Å². The van der Waals surface area contributed by atoms with Crippen LogP contribution in [-0.4, -0.2) is 37.2 Å². The molecule has 0 saturated carbocycles. The van der Waals surface area contributed by atoms with E-state index in [0.29, 0.717) is 19.3 Å². The fourth-order valence-corrected chi connectivity index (χ4v) is 6.73. The Balaban J connectivity index is 4.20. The van der Waals surface area contributed by atoms with Crippen LogP contribution in [0.5, 0.6) is 0 Å². The molecule has 0 heterocycles. The average Bonchev–Trinajstić information content (AvgIpc) is 3.21. The highest BCUT2D eigenvalue weighted by atomic mass is 16.6. The zero-order chi connectivity index (χ0) is 41.5. The van der Waals surface area contributed by atoms with Crippen LogP contribution in [0.1, 0.15) is 239 Å². The number of ether oxygens (including phenoxy) is 3. The summed E-state index contributed by atoms with van der Waals surface area (Å²) in [4.78, 5) is 37.6. The van der Waals surface area contributed by atoms with E-state index in [-0.39, 0.29) is 31.1 Å². The van der Waals surface area contributed by atoms with Gasteiger partial charge in [-0.05, 0) is 57.8 Å². The Labute approximate surface area is 352 Å². The Morgan fingerprint density at radius 1 is 0.368 bits per heavy atom. The van der Waals surface area contributed by atoms with Gasteiger partial charge < -0.3 is 14.2 Å². The summed E-state index contributed by atoms with van der Waals surface area (Å²) in [5.41, 5.74) is 0. The van der Waals surface area contributed by atoms with Gasteiger partial charge >= 0.3 is 17.9 Å². The van der Waals surface area contributed by atoms with Crippen LogP contribution in [0.15, 0.2) is 48.6 Å². The standard InChI is InChI=1S/C51H90O6/c1-4-7-10-13-15-17-19-21-23-24-25-26-28-29-31-33-35-38-41-44-50(53)56-47-48(46-55-49(52)43-40-37-12-9-6-3)57-51(54)45-42-39-36-34-32-30-27-22-20-18-16-14-11-8-5-2/h7,10,15,17,21,23,25-26,48H,4-6,8-9,11-14,16,18-20,22,24,27-47H2,1-3H3/b10-7-,17-15-,23-21-,26-25-. The van der Waals surface area contributed by atoms with Gasteiger partial charge in [0, 0.05) is 19.3 Å². The van der Waals surface area contributed by atoms with Crippen molar-refractivity contribution in [3.63, 3.8) is 0 Å². The molecule has 1 atom stereocenters. The number of hydrogen-bond donors (Lipinski definition) is 0. The molecule has 0 aliphatic carbocycles. The average molecular weight is 799 g/mol. The molecule has 330 valence electrons. The molecular weight excluding hydrogens is 709 g/mol. The Hall–Kier alpha value is -2.63. The third-order valence-electron chi connectivity index (χ3n) is 10.3. The molecule has 0 saturated heterocycles. The minimum atomic E-state index is -0.771. The largest absolute Gasteiger partial charge is 0.462 e. The van der Waals surface area contributed by atoms with Gasteiger partial charge in [-0.15, -0.1) is 0 Å². The first-order valence-corrected chi connectivity index (χ1v) is 24.1. The second-order valence-corrected chi connectivity index (χ2v) is 16.0. The lowest BCUT2D eigenvalue weighted by atomic mass is 10.0. The lowest BCUT2D eigenvalue weighted by molar-refractivity contribution is -0.167. The van der Waals surface area contributed by atoms with Crippen LogP contribution < -0.4 is 0 Å². The summed E-state index contributed by atoms with van der Waals surface area (Å²) in [6, 6.07) is 0. The first-order chi connectivity index (χ1) is 28.0. The van der Waals surface area contributed by atoms with Crippen LogP contribution in [0.4, 0.5) is 0 Å². The van der Waals surface area contributed by atoms with E-state index in [0.717, 1.165) is 96.3 Å². The molecule has 6 heteroatoms. The molecular formula is C51H90O6. The summed E-state index contributed by atoms with van der Waals surface area (Å²) in [6.07, 6.45) is 54.1. The Morgan fingerprint density at radius 3 is 1.07 bits per heavy atom. The smallest absolute Gasteiger partial charge is 0.306 e. The fraction of sp³-hybridized carbons (Fsp3) is 0.784. The lowest BCUT2D eigenvalue weighted by Gasteiger charge is -2.18. The van der Waals surface area contributed by atoms with Crippen molar-refractivity contribution in [2.45, 2.75) is 245 Å². The number of hydrogen-bond acceptors (Lipinski definition) is 6. The SMILES string of the molecule is CC/C=C\C/C=C\C/C=C\C/C=C\CCCCCCCCC(=O)OCC(COC(=O)CCCCCCC)OC(=O)CCCCCCCCCCCCCCCCC. The van der Waals surface area contributed by atoms with Crippen LogP contribution >= 0.6 is 0 Å². The van der Waals surface area contributed by atoms with Crippen molar-refractivity contribution in [1.29, 1.82) is 0 Å². The summed E-state index contributed by atoms with van der Waals surface area (Å²) < 4.78 is 16.6. The van der Waals surface area contributed by atoms with Crippen molar-refractivity contribution in [3.05, 3.63) is 48.6 Å². The summed E-state index contributed by atoms with van der Waals surface area (Å²) in [6.45, 7) is 6.44. The van der Waals surface area contributed by atoms with Crippen molar-refractivity contribution < 1.29 is 28.6 Å². The molecule has 0 aliphatic heterocycles. The quantitative estimate of drug-likeness (QED) is 0.0265. The van der Waals surface area contributed by atoms with Gasteiger partial charge in [0.2, 0.25) is 0 Å². The van der Waals surface area contributed by atoms with Crippen molar-refractivity contribution >= 4 is 17.9 Å². The molecule has 0 spiro atoms. The number of esters is 3. The molecule has 0 aromatic heterocycles. The maximum Gasteiger partial charge on any atom is 0.306 e. The first kappa shape index (κ1) is 54.4. The lowest BCUT2D eigenvalue weighted by Crippen LogP contribution is -2.30. The van der Waals surface area contributed by atoms with Gasteiger partial charge in [-0.2, -0.15) is 0 Å². The molecule has 1 unspecified atom stereocenters. The van der Waals surface area contributed by atoms with E-state index < -0.39 is 6.10 Å². The van der Waals surface area contributed by atoms with Crippen LogP contribution in [-0.2, 0) is 28.6 Å². The summed E-state index contributed by atoms with van der Waals surface area (Å²) in [7, 11) is 0. The van der Waals surface area contributed by atoms with E-state index in [1.54, 1.807) is 0 Å². The second kappa shape index (κ2) is 46.1. The maximum absolute atomic E-state index is 12.7. The van der Waals surface area contributed by atoms with Gasteiger partial charge in [-0.3, -0.25) is 14.4 Å². The minimum absolute atomic E-state index is 0.0768. The third-order valence-corrected chi connectivity index (χ3v) is 10.3. The highest BCUT2D eigenvalue weighted by Gasteiger charge is 2.19. The van der Waals surface area contributed by atoms with Gasteiger partial charge in [-0.25, -0.2) is 0 Å². The normalized spacial score (nSPS) is 12.4. The molecule has 0 amide bonds. The van der Waals surface area contributed by atoms with Crippen LogP contribution in [0.25, 0.3) is 0 Å². The van der Waals surface area contributed by atoms with E-state index in [1.807, 2.05) is 0 Å². The molecule has 0 bridgehead atoms. The molecule has 0 aromatic rings. The third kappa shape index (κ3) is 44.3. The molecule has 0 radical (unpaired) electrons. The van der Waals surface area contributed by atoms with E-state index in [2.05, 4.69) is 69.4 Å².